The van der Waals surface area contributed by atoms with Crippen molar-refractivity contribution in [2.45, 2.75) is 26.7 Å². The molecule has 3 aromatic rings. The summed E-state index contributed by atoms with van der Waals surface area (Å²) in [6, 6.07) is 15.9. The summed E-state index contributed by atoms with van der Waals surface area (Å²) in [7, 11) is 0. The molecule has 0 fully saturated rings. The Hall–Kier alpha value is -3.47. The Labute approximate surface area is 175 Å². The van der Waals surface area contributed by atoms with E-state index in [9.17, 15) is 9.59 Å². The Balaban J connectivity index is 1.75. The number of nitrogens with zero attached hydrogens (tertiary/aromatic N) is 1. The number of rotatable bonds is 5. The molecule has 0 saturated carbocycles. The quantitative estimate of drug-likeness (QED) is 0.648. The zero-order valence-corrected chi connectivity index (χ0v) is 17.2. The summed E-state index contributed by atoms with van der Waals surface area (Å²) >= 11 is 0. The predicted molar refractivity (Wildman–Crippen MR) is 118 cm³/mol. The van der Waals surface area contributed by atoms with Gasteiger partial charge in [0.05, 0.1) is 16.8 Å². The van der Waals surface area contributed by atoms with Crippen LogP contribution < -0.4 is 5.32 Å². The molecule has 0 atom stereocenters. The molecule has 4 rings (SSSR count). The first-order valence-corrected chi connectivity index (χ1v) is 10.2. The fourth-order valence-corrected chi connectivity index (χ4v) is 3.83. The fourth-order valence-electron chi connectivity index (χ4n) is 3.83. The topological polar surface area (TPSA) is 68.3 Å². The lowest BCUT2D eigenvalue weighted by molar-refractivity contribution is -0.124. The minimum atomic E-state index is -0.479. The second-order valence-corrected chi connectivity index (χ2v) is 7.44. The first-order valence-electron chi connectivity index (χ1n) is 10.2. The van der Waals surface area contributed by atoms with Gasteiger partial charge < -0.3 is 10.1 Å². The minimum Gasteiger partial charge on any atom is -0.452 e. The van der Waals surface area contributed by atoms with E-state index in [0.717, 1.165) is 46.1 Å². The van der Waals surface area contributed by atoms with Gasteiger partial charge in [-0.05, 0) is 55.5 Å². The van der Waals surface area contributed by atoms with E-state index in [4.69, 9.17) is 9.72 Å². The van der Waals surface area contributed by atoms with Crippen molar-refractivity contribution in [3.05, 3.63) is 76.5 Å². The molecule has 0 bridgehead atoms. The van der Waals surface area contributed by atoms with Crippen LogP contribution >= 0.6 is 0 Å². The Bertz CT molecular complexity index is 1150. The second-order valence-electron chi connectivity index (χ2n) is 7.44. The summed E-state index contributed by atoms with van der Waals surface area (Å²) in [4.78, 5) is 29.6. The predicted octanol–water partition coefficient (Wildman–Crippen LogP) is 4.32. The average molecular weight is 400 g/mol. The van der Waals surface area contributed by atoms with Crippen LogP contribution in [0, 0.1) is 6.92 Å². The minimum absolute atomic E-state index is 0.288. The number of ether oxygens (including phenoxy) is 1. The number of allylic oxidation sites excluding steroid dienone is 1. The van der Waals surface area contributed by atoms with Gasteiger partial charge in [0.15, 0.2) is 6.61 Å². The zero-order valence-electron chi connectivity index (χ0n) is 17.2. The SMILES string of the molecule is CCNC(=O)COC(=O)c1c2c(nc3ccccc13)C(=Cc1ccc(C)cc1)CC2. The maximum absolute atomic E-state index is 13.0. The third-order valence-electron chi connectivity index (χ3n) is 5.27. The third-order valence-corrected chi connectivity index (χ3v) is 5.27. The molecule has 1 aromatic heterocycles. The molecule has 5 heteroatoms. The molecule has 5 nitrogen and oxygen atoms in total. The number of benzene rings is 2. The highest BCUT2D eigenvalue weighted by atomic mass is 16.5. The van der Waals surface area contributed by atoms with Crippen LogP contribution in [0.5, 0.6) is 0 Å². The number of carbonyl (C=O) groups is 2. The number of esters is 1. The van der Waals surface area contributed by atoms with Crippen LogP contribution in [0.3, 0.4) is 0 Å². The molecule has 1 amide bonds. The van der Waals surface area contributed by atoms with Gasteiger partial charge in [0.2, 0.25) is 0 Å². The van der Waals surface area contributed by atoms with Crippen LogP contribution in [0.15, 0.2) is 48.5 Å². The maximum atomic E-state index is 13.0. The van der Waals surface area contributed by atoms with Crippen LogP contribution in [0.1, 0.15) is 46.1 Å². The van der Waals surface area contributed by atoms with Crippen LogP contribution in [-0.4, -0.2) is 30.0 Å². The number of amides is 1. The molecule has 1 N–H and O–H groups in total. The van der Waals surface area contributed by atoms with Gasteiger partial charge in [0.1, 0.15) is 0 Å². The molecule has 152 valence electrons. The van der Waals surface area contributed by atoms with Gasteiger partial charge in [-0.3, -0.25) is 4.79 Å². The number of hydrogen-bond donors (Lipinski definition) is 1. The molecule has 0 spiro atoms. The first kappa shape index (κ1) is 19.8. The van der Waals surface area contributed by atoms with E-state index >= 15 is 0 Å². The van der Waals surface area contributed by atoms with Crippen molar-refractivity contribution in [3.63, 3.8) is 0 Å². The van der Waals surface area contributed by atoms with Crippen molar-refractivity contribution in [2.75, 3.05) is 13.2 Å². The Morgan fingerprint density at radius 3 is 2.63 bits per heavy atom. The van der Waals surface area contributed by atoms with Crippen LogP contribution in [0.25, 0.3) is 22.6 Å². The second kappa shape index (κ2) is 8.49. The van der Waals surface area contributed by atoms with Crippen LogP contribution in [0.4, 0.5) is 0 Å². The standard InChI is InChI=1S/C25H24N2O3/c1-3-26-22(28)15-30-25(29)23-19-6-4-5-7-21(19)27-24-18(12-13-20(23)24)14-17-10-8-16(2)9-11-17/h4-11,14H,3,12-13,15H2,1-2H3,(H,26,28). The van der Waals surface area contributed by atoms with E-state index in [0.29, 0.717) is 12.1 Å². The number of fused-ring (bicyclic) bond motifs is 2. The van der Waals surface area contributed by atoms with Gasteiger partial charge >= 0.3 is 5.97 Å². The molecule has 0 saturated heterocycles. The molecule has 1 heterocycles. The number of aromatic nitrogens is 1. The summed E-state index contributed by atoms with van der Waals surface area (Å²) in [5.41, 5.74) is 6.44. The fraction of sp³-hybridized carbons (Fsp3) is 0.240. The van der Waals surface area contributed by atoms with Crippen molar-refractivity contribution in [3.8, 4) is 0 Å². The monoisotopic (exact) mass is 400 g/mol. The molecule has 1 aliphatic rings. The molecule has 0 unspecified atom stereocenters. The molecule has 0 radical (unpaired) electrons. The lowest BCUT2D eigenvalue weighted by Crippen LogP contribution is -2.28. The largest absolute Gasteiger partial charge is 0.452 e. The number of likely N-dealkylation sites (N-methyl/N-ethyl adjacent to an activating group) is 1. The number of nitrogens with one attached hydrogen (secondary N) is 1. The van der Waals surface area contributed by atoms with E-state index in [1.807, 2.05) is 31.2 Å². The Morgan fingerprint density at radius 1 is 1.10 bits per heavy atom. The highest BCUT2D eigenvalue weighted by Gasteiger charge is 2.27. The molecule has 30 heavy (non-hydrogen) atoms. The van der Waals surface area contributed by atoms with Crippen molar-refractivity contribution in [1.29, 1.82) is 0 Å². The van der Waals surface area contributed by atoms with Crippen LogP contribution in [-0.2, 0) is 16.0 Å². The lowest BCUT2D eigenvalue weighted by atomic mass is 10.0. The van der Waals surface area contributed by atoms with Gasteiger partial charge in [0.25, 0.3) is 5.91 Å². The summed E-state index contributed by atoms with van der Waals surface area (Å²) in [6.45, 7) is 4.10. The van der Waals surface area contributed by atoms with E-state index in [-0.39, 0.29) is 12.5 Å². The van der Waals surface area contributed by atoms with Gasteiger partial charge in [0, 0.05) is 11.9 Å². The molecule has 1 aliphatic carbocycles. The van der Waals surface area contributed by atoms with Crippen molar-refractivity contribution in [1.82, 2.24) is 10.3 Å². The smallest absolute Gasteiger partial charge is 0.339 e. The van der Waals surface area contributed by atoms with E-state index in [2.05, 4.69) is 42.6 Å². The van der Waals surface area contributed by atoms with Crippen LogP contribution in [0.2, 0.25) is 0 Å². The number of hydrogen-bond acceptors (Lipinski definition) is 4. The highest BCUT2D eigenvalue weighted by molar-refractivity contribution is 6.07. The summed E-state index contributed by atoms with van der Waals surface area (Å²) in [5.74, 6) is -0.784. The third kappa shape index (κ3) is 3.96. The summed E-state index contributed by atoms with van der Waals surface area (Å²) in [5, 5.41) is 3.40. The molecule has 0 aliphatic heterocycles. The van der Waals surface area contributed by atoms with Crippen molar-refractivity contribution >= 4 is 34.4 Å². The molecule has 2 aromatic carbocycles. The van der Waals surface area contributed by atoms with Gasteiger partial charge in [-0.1, -0.05) is 48.0 Å². The van der Waals surface area contributed by atoms with Gasteiger partial charge in [-0.15, -0.1) is 0 Å². The Morgan fingerprint density at radius 2 is 1.87 bits per heavy atom. The average Bonchev–Trinajstić information content (AvgIpc) is 3.14. The van der Waals surface area contributed by atoms with Gasteiger partial charge in [-0.2, -0.15) is 0 Å². The maximum Gasteiger partial charge on any atom is 0.339 e. The van der Waals surface area contributed by atoms with E-state index in [1.165, 1.54) is 5.56 Å². The zero-order chi connectivity index (χ0) is 21.1. The van der Waals surface area contributed by atoms with E-state index < -0.39 is 5.97 Å². The van der Waals surface area contributed by atoms with Crippen molar-refractivity contribution < 1.29 is 14.3 Å². The number of para-hydroxylation sites is 1. The molecular weight excluding hydrogens is 376 g/mol. The van der Waals surface area contributed by atoms with Gasteiger partial charge in [-0.25, -0.2) is 9.78 Å². The van der Waals surface area contributed by atoms with E-state index in [1.54, 1.807) is 0 Å². The highest BCUT2D eigenvalue weighted by Crippen LogP contribution is 2.37. The first-order chi connectivity index (χ1) is 14.6. The number of carbonyl (C=O) groups excluding carboxylic acids is 2. The Kier molecular flexibility index (Phi) is 5.61. The summed E-state index contributed by atoms with van der Waals surface area (Å²) < 4.78 is 5.34. The number of aryl methyl sites for hydroxylation is 1. The summed E-state index contributed by atoms with van der Waals surface area (Å²) in [6.07, 6.45) is 3.66. The number of pyridine rings is 1. The normalized spacial score (nSPS) is 14.0. The molecular formula is C25H24N2O3. The lowest BCUT2D eigenvalue weighted by Gasteiger charge is -2.12. The van der Waals surface area contributed by atoms with Crippen molar-refractivity contribution in [2.24, 2.45) is 0 Å².